The molecule has 0 aromatic carbocycles. The van der Waals surface area contributed by atoms with Crippen LogP contribution in [0.2, 0.25) is 10.2 Å². The van der Waals surface area contributed by atoms with E-state index in [0.29, 0.717) is 0 Å². The van der Waals surface area contributed by atoms with Crippen LogP contribution in [0.1, 0.15) is 17.7 Å². The van der Waals surface area contributed by atoms with Crippen molar-refractivity contribution >= 4 is 23.2 Å². The van der Waals surface area contributed by atoms with Gasteiger partial charge in [-0.25, -0.2) is 13.8 Å². The Kier molecular flexibility index (Phi) is 3.41. The third-order valence-electron chi connectivity index (χ3n) is 1.41. The molecule has 0 unspecified atom stereocenters. The van der Waals surface area contributed by atoms with Gasteiger partial charge in [0, 0.05) is 0 Å². The minimum atomic E-state index is -2.72. The molecule has 0 aliphatic rings. The number of nitrogens with zero attached hydrogens (tertiary/aromatic N) is 1. The van der Waals surface area contributed by atoms with Crippen molar-refractivity contribution in [3.8, 4) is 0 Å². The van der Waals surface area contributed by atoms with E-state index in [4.69, 9.17) is 28.3 Å². The highest BCUT2D eigenvalue weighted by Gasteiger charge is 2.15. The van der Waals surface area contributed by atoms with Crippen LogP contribution in [-0.4, -0.2) is 10.1 Å². The summed E-state index contributed by atoms with van der Waals surface area (Å²) in [5, 5.41) is 8.34. The second kappa shape index (κ2) is 4.17. The summed E-state index contributed by atoms with van der Waals surface area (Å²) in [5.41, 5.74) is -0.333. The SMILES string of the molecule is OCc1nc(Cl)c(C(F)F)cc1Cl. The van der Waals surface area contributed by atoms with Crippen LogP contribution in [0.25, 0.3) is 0 Å². The molecule has 0 spiro atoms. The normalized spacial score (nSPS) is 10.9. The van der Waals surface area contributed by atoms with Gasteiger partial charge in [-0.05, 0) is 6.07 Å². The first kappa shape index (κ1) is 10.6. The van der Waals surface area contributed by atoms with Crippen LogP contribution in [-0.2, 0) is 6.61 Å². The van der Waals surface area contributed by atoms with E-state index in [9.17, 15) is 8.78 Å². The van der Waals surface area contributed by atoms with Crippen molar-refractivity contribution in [2.24, 2.45) is 0 Å². The molecule has 0 bridgehead atoms. The molecule has 1 heterocycles. The molecule has 0 saturated carbocycles. The molecule has 72 valence electrons. The van der Waals surface area contributed by atoms with Gasteiger partial charge < -0.3 is 5.11 Å². The monoisotopic (exact) mass is 227 g/mol. The first-order chi connectivity index (χ1) is 6.06. The van der Waals surface area contributed by atoms with Crippen LogP contribution in [0.4, 0.5) is 8.78 Å². The highest BCUT2D eigenvalue weighted by atomic mass is 35.5. The summed E-state index contributed by atoms with van der Waals surface area (Å²) in [5.74, 6) is 0. The van der Waals surface area contributed by atoms with Gasteiger partial charge in [-0.2, -0.15) is 0 Å². The van der Waals surface area contributed by atoms with Gasteiger partial charge in [-0.1, -0.05) is 23.2 Å². The maximum atomic E-state index is 12.2. The number of hydrogen-bond acceptors (Lipinski definition) is 2. The zero-order valence-corrected chi connectivity index (χ0v) is 7.78. The van der Waals surface area contributed by atoms with Crippen LogP contribution < -0.4 is 0 Å². The number of hydrogen-bond donors (Lipinski definition) is 1. The molecule has 2 nitrogen and oxygen atoms in total. The van der Waals surface area contributed by atoms with E-state index in [-0.39, 0.29) is 15.9 Å². The van der Waals surface area contributed by atoms with Crippen molar-refractivity contribution in [2.45, 2.75) is 13.0 Å². The lowest BCUT2D eigenvalue weighted by atomic mass is 10.2. The molecule has 1 aromatic rings. The van der Waals surface area contributed by atoms with E-state index in [2.05, 4.69) is 4.98 Å². The van der Waals surface area contributed by atoms with Gasteiger partial charge in [0.1, 0.15) is 5.15 Å². The number of rotatable bonds is 2. The van der Waals surface area contributed by atoms with Crippen LogP contribution in [0.5, 0.6) is 0 Å². The number of alkyl halides is 2. The lowest BCUT2D eigenvalue weighted by Gasteiger charge is -2.05. The van der Waals surface area contributed by atoms with E-state index in [1.54, 1.807) is 0 Å². The lowest BCUT2D eigenvalue weighted by molar-refractivity contribution is 0.151. The zero-order chi connectivity index (χ0) is 10.0. The molecule has 1 rings (SSSR count). The fraction of sp³-hybridized carbons (Fsp3) is 0.286. The van der Waals surface area contributed by atoms with Gasteiger partial charge in [-0.15, -0.1) is 0 Å². The molecule has 0 saturated heterocycles. The Morgan fingerprint density at radius 3 is 2.54 bits per heavy atom. The number of aromatic nitrogens is 1. The van der Waals surface area contributed by atoms with Crippen LogP contribution in [0, 0.1) is 0 Å². The van der Waals surface area contributed by atoms with E-state index >= 15 is 0 Å². The average Bonchev–Trinajstić information content (AvgIpc) is 2.07. The summed E-state index contributed by atoms with van der Waals surface area (Å²) in [6.07, 6.45) is -2.72. The number of aliphatic hydroxyl groups excluding tert-OH is 1. The fourth-order valence-corrected chi connectivity index (χ4v) is 1.24. The summed E-state index contributed by atoms with van der Waals surface area (Å²) in [6, 6.07) is 1.01. The molecule has 0 aliphatic carbocycles. The fourth-order valence-electron chi connectivity index (χ4n) is 0.780. The van der Waals surface area contributed by atoms with Gasteiger partial charge in [0.25, 0.3) is 6.43 Å². The van der Waals surface area contributed by atoms with Gasteiger partial charge in [0.15, 0.2) is 0 Å². The maximum absolute atomic E-state index is 12.2. The van der Waals surface area contributed by atoms with Crippen molar-refractivity contribution in [2.75, 3.05) is 0 Å². The zero-order valence-electron chi connectivity index (χ0n) is 6.27. The van der Waals surface area contributed by atoms with Crippen LogP contribution >= 0.6 is 23.2 Å². The maximum Gasteiger partial charge on any atom is 0.266 e. The molecular weight excluding hydrogens is 223 g/mol. The third-order valence-corrected chi connectivity index (χ3v) is 2.04. The number of aliphatic hydroxyl groups is 1. The molecule has 0 aliphatic heterocycles. The Bertz CT molecular complexity index is 320. The lowest BCUT2D eigenvalue weighted by Crippen LogP contribution is -1.96. The molecule has 13 heavy (non-hydrogen) atoms. The van der Waals surface area contributed by atoms with Crippen molar-refractivity contribution in [1.29, 1.82) is 0 Å². The number of halogens is 4. The first-order valence-electron chi connectivity index (χ1n) is 3.30. The second-order valence-electron chi connectivity index (χ2n) is 2.26. The van der Waals surface area contributed by atoms with E-state index in [1.807, 2.05) is 0 Å². The Labute approximate surface area is 83.1 Å². The van der Waals surface area contributed by atoms with Crippen LogP contribution in [0.3, 0.4) is 0 Å². The van der Waals surface area contributed by atoms with Gasteiger partial charge in [0.05, 0.1) is 22.9 Å². The molecule has 6 heteroatoms. The average molecular weight is 228 g/mol. The van der Waals surface area contributed by atoms with E-state index < -0.39 is 18.6 Å². The summed E-state index contributed by atoms with van der Waals surface area (Å²) in [4.78, 5) is 3.52. The minimum Gasteiger partial charge on any atom is -0.390 e. The molecule has 0 fully saturated rings. The molecule has 1 N–H and O–H groups in total. The largest absolute Gasteiger partial charge is 0.390 e. The second-order valence-corrected chi connectivity index (χ2v) is 3.02. The smallest absolute Gasteiger partial charge is 0.266 e. The minimum absolute atomic E-state index is 0.0119. The predicted molar refractivity (Wildman–Crippen MR) is 45.1 cm³/mol. The molecule has 0 radical (unpaired) electrons. The summed E-state index contributed by atoms with van der Waals surface area (Å²) in [7, 11) is 0. The third kappa shape index (κ3) is 2.27. The van der Waals surface area contributed by atoms with Gasteiger partial charge in [-0.3, -0.25) is 0 Å². The Morgan fingerprint density at radius 2 is 2.08 bits per heavy atom. The van der Waals surface area contributed by atoms with Crippen molar-refractivity contribution < 1.29 is 13.9 Å². The van der Waals surface area contributed by atoms with Gasteiger partial charge in [0.2, 0.25) is 0 Å². The van der Waals surface area contributed by atoms with E-state index in [0.717, 1.165) is 6.07 Å². The predicted octanol–water partition coefficient (Wildman–Crippen LogP) is 2.82. The Balaban J connectivity index is 3.20. The van der Waals surface area contributed by atoms with E-state index in [1.165, 1.54) is 0 Å². The Hall–Kier alpha value is -0.450. The molecular formula is C7H5Cl2F2NO. The molecule has 0 atom stereocenters. The first-order valence-corrected chi connectivity index (χ1v) is 4.05. The number of pyridine rings is 1. The highest BCUT2D eigenvalue weighted by molar-refractivity contribution is 6.33. The van der Waals surface area contributed by atoms with Gasteiger partial charge >= 0.3 is 0 Å². The summed E-state index contributed by atoms with van der Waals surface area (Å²) >= 11 is 10.9. The molecule has 0 amide bonds. The van der Waals surface area contributed by atoms with Crippen molar-refractivity contribution in [3.63, 3.8) is 0 Å². The Morgan fingerprint density at radius 1 is 1.46 bits per heavy atom. The standard InChI is InChI=1S/C7H5Cl2F2NO/c8-4-1-3(7(10)11)6(9)12-5(4)2-13/h1,7,13H,2H2. The highest BCUT2D eigenvalue weighted by Crippen LogP contribution is 2.29. The molecule has 1 aromatic heterocycles. The van der Waals surface area contributed by atoms with Crippen LogP contribution in [0.15, 0.2) is 6.07 Å². The summed E-state index contributed by atoms with van der Waals surface area (Å²) < 4.78 is 24.4. The van der Waals surface area contributed by atoms with Crippen molar-refractivity contribution in [1.82, 2.24) is 4.98 Å². The topological polar surface area (TPSA) is 33.1 Å². The summed E-state index contributed by atoms with van der Waals surface area (Å²) in [6.45, 7) is -0.429. The van der Waals surface area contributed by atoms with Crippen molar-refractivity contribution in [3.05, 3.63) is 27.5 Å². The quantitative estimate of drug-likeness (QED) is 0.789.